The van der Waals surface area contributed by atoms with Gasteiger partial charge in [0.25, 0.3) is 0 Å². The molecule has 0 aromatic heterocycles. The van der Waals surface area contributed by atoms with Crippen molar-refractivity contribution in [2.75, 3.05) is 0 Å². The largest absolute Gasteiger partial charge is 0.388 e. The quantitative estimate of drug-likeness (QED) is 0.486. The molecule has 0 amide bonds. The molecule has 0 radical (unpaired) electrons. The zero-order chi connectivity index (χ0) is 14.9. The normalized spacial score (nSPS) is 16.1. The molecule has 2 rings (SSSR count). The Labute approximate surface area is 130 Å². The summed E-state index contributed by atoms with van der Waals surface area (Å²) >= 11 is 0. The summed E-state index contributed by atoms with van der Waals surface area (Å²) in [6.45, 7) is 2.26. The molecule has 1 nitrogen and oxygen atoms in total. The van der Waals surface area contributed by atoms with Crippen LogP contribution in [0.4, 0.5) is 0 Å². The molecule has 0 bridgehead atoms. The summed E-state index contributed by atoms with van der Waals surface area (Å²) in [5, 5.41) is 10.3. The summed E-state index contributed by atoms with van der Waals surface area (Å²) in [5.41, 5.74) is 2.56. The molecule has 21 heavy (non-hydrogen) atoms. The van der Waals surface area contributed by atoms with Crippen molar-refractivity contribution in [3.63, 3.8) is 0 Å². The topological polar surface area (TPSA) is 20.2 Å². The summed E-state index contributed by atoms with van der Waals surface area (Å²) < 4.78 is 0. The summed E-state index contributed by atoms with van der Waals surface area (Å²) in [6, 6.07) is 8.64. The average molecular weight is 288 g/mol. The van der Waals surface area contributed by atoms with E-state index in [0.717, 1.165) is 24.3 Å². The first-order chi connectivity index (χ1) is 10.3. The monoisotopic (exact) mass is 288 g/mol. The molecule has 1 N–H and O–H groups in total. The smallest absolute Gasteiger partial charge is 0.0790 e. The van der Waals surface area contributed by atoms with Crippen molar-refractivity contribution in [3.8, 4) is 0 Å². The van der Waals surface area contributed by atoms with Gasteiger partial charge in [0.15, 0.2) is 0 Å². The highest BCUT2D eigenvalue weighted by Gasteiger charge is 2.23. The van der Waals surface area contributed by atoms with Gasteiger partial charge in [0.2, 0.25) is 0 Å². The highest BCUT2D eigenvalue weighted by atomic mass is 16.3. The van der Waals surface area contributed by atoms with Gasteiger partial charge >= 0.3 is 0 Å². The summed E-state index contributed by atoms with van der Waals surface area (Å²) in [6.07, 6.45) is 13.9. The van der Waals surface area contributed by atoms with Gasteiger partial charge in [0, 0.05) is 0 Å². The molecule has 1 heteroatoms. The van der Waals surface area contributed by atoms with Crippen LogP contribution in [-0.2, 0) is 0 Å². The first-order valence-electron chi connectivity index (χ1n) is 9.09. The Morgan fingerprint density at radius 3 is 2.33 bits per heavy atom. The molecule has 0 spiro atoms. The molecule has 118 valence electrons. The van der Waals surface area contributed by atoms with Crippen molar-refractivity contribution in [2.24, 2.45) is 0 Å². The van der Waals surface area contributed by atoms with Gasteiger partial charge < -0.3 is 5.11 Å². The van der Waals surface area contributed by atoms with E-state index in [9.17, 15) is 5.11 Å². The minimum absolute atomic E-state index is 0.260. The maximum Gasteiger partial charge on any atom is 0.0790 e. The van der Waals surface area contributed by atoms with E-state index in [4.69, 9.17) is 0 Å². The number of aliphatic hydroxyl groups excluding tert-OH is 1. The Bertz CT molecular complexity index is 395. The van der Waals surface area contributed by atoms with Crippen LogP contribution in [0.25, 0.3) is 0 Å². The lowest BCUT2D eigenvalue weighted by Crippen LogP contribution is -1.98. The van der Waals surface area contributed by atoms with E-state index in [1.807, 2.05) is 0 Å². The van der Waals surface area contributed by atoms with E-state index in [2.05, 4.69) is 31.2 Å². The molecule has 0 heterocycles. The maximum absolute atomic E-state index is 10.3. The van der Waals surface area contributed by atoms with Crippen molar-refractivity contribution < 1.29 is 5.11 Å². The third-order valence-electron chi connectivity index (χ3n) is 4.68. The van der Waals surface area contributed by atoms with Gasteiger partial charge in [-0.3, -0.25) is 0 Å². The van der Waals surface area contributed by atoms with Crippen LogP contribution in [0.5, 0.6) is 0 Å². The Hall–Kier alpha value is -0.820. The van der Waals surface area contributed by atoms with Gasteiger partial charge in [0.05, 0.1) is 6.10 Å². The molecule has 1 fully saturated rings. The SMILES string of the molecule is CCCCCCCCCCC(O)c1cccc(C2CC2)c1. The van der Waals surface area contributed by atoms with Gasteiger partial charge in [-0.15, -0.1) is 0 Å². The van der Waals surface area contributed by atoms with Gasteiger partial charge in [0.1, 0.15) is 0 Å². The second-order valence-electron chi connectivity index (χ2n) is 6.72. The molecule has 1 saturated carbocycles. The molecule has 1 aromatic rings. The Kier molecular flexibility index (Phi) is 7.29. The van der Waals surface area contributed by atoms with Crippen molar-refractivity contribution >= 4 is 0 Å². The predicted molar refractivity (Wildman–Crippen MR) is 90.6 cm³/mol. The Morgan fingerprint density at radius 2 is 1.67 bits per heavy atom. The van der Waals surface area contributed by atoms with Gasteiger partial charge in [-0.05, 0) is 36.3 Å². The molecular weight excluding hydrogens is 256 g/mol. The number of rotatable bonds is 11. The van der Waals surface area contributed by atoms with Crippen LogP contribution in [0.2, 0.25) is 0 Å². The Morgan fingerprint density at radius 1 is 1.00 bits per heavy atom. The third-order valence-corrected chi connectivity index (χ3v) is 4.68. The van der Waals surface area contributed by atoms with Crippen molar-refractivity contribution in [2.45, 2.75) is 89.6 Å². The molecule has 1 aliphatic carbocycles. The van der Waals surface area contributed by atoms with E-state index in [1.165, 1.54) is 63.4 Å². The highest BCUT2D eigenvalue weighted by Crippen LogP contribution is 2.40. The number of benzene rings is 1. The molecule has 1 aromatic carbocycles. The fourth-order valence-corrected chi connectivity index (χ4v) is 3.08. The van der Waals surface area contributed by atoms with Crippen LogP contribution >= 0.6 is 0 Å². The van der Waals surface area contributed by atoms with Crippen molar-refractivity contribution in [1.29, 1.82) is 0 Å². The van der Waals surface area contributed by atoms with E-state index in [0.29, 0.717) is 0 Å². The van der Waals surface area contributed by atoms with E-state index in [-0.39, 0.29) is 6.10 Å². The summed E-state index contributed by atoms with van der Waals surface area (Å²) in [4.78, 5) is 0. The van der Waals surface area contributed by atoms with E-state index < -0.39 is 0 Å². The van der Waals surface area contributed by atoms with Gasteiger partial charge in [-0.2, -0.15) is 0 Å². The lowest BCUT2D eigenvalue weighted by Gasteiger charge is -2.12. The van der Waals surface area contributed by atoms with Crippen molar-refractivity contribution in [1.82, 2.24) is 0 Å². The second-order valence-corrected chi connectivity index (χ2v) is 6.72. The first-order valence-corrected chi connectivity index (χ1v) is 9.09. The zero-order valence-corrected chi connectivity index (χ0v) is 13.7. The van der Waals surface area contributed by atoms with Crippen LogP contribution in [-0.4, -0.2) is 5.11 Å². The predicted octanol–water partition coefficient (Wildman–Crippen LogP) is 6.13. The number of unbranched alkanes of at least 4 members (excludes halogenated alkanes) is 7. The second kappa shape index (κ2) is 9.25. The maximum atomic E-state index is 10.3. The number of hydrogen-bond acceptors (Lipinski definition) is 1. The lowest BCUT2D eigenvalue weighted by molar-refractivity contribution is 0.163. The van der Waals surface area contributed by atoms with Crippen LogP contribution in [0.3, 0.4) is 0 Å². The zero-order valence-electron chi connectivity index (χ0n) is 13.7. The van der Waals surface area contributed by atoms with Crippen LogP contribution < -0.4 is 0 Å². The van der Waals surface area contributed by atoms with E-state index >= 15 is 0 Å². The minimum Gasteiger partial charge on any atom is -0.388 e. The number of hydrogen-bond donors (Lipinski definition) is 1. The fraction of sp³-hybridized carbons (Fsp3) is 0.700. The fourth-order valence-electron chi connectivity index (χ4n) is 3.08. The molecule has 1 unspecified atom stereocenters. The molecular formula is C20H32O. The molecule has 1 aliphatic rings. The third kappa shape index (κ3) is 6.22. The minimum atomic E-state index is -0.260. The standard InChI is InChI=1S/C20H32O/c1-2-3-4-5-6-7-8-9-13-20(21)19-12-10-11-18(16-19)17-14-15-17/h10-12,16-17,20-21H,2-9,13-15H2,1H3. The van der Waals surface area contributed by atoms with Gasteiger partial charge in [-0.1, -0.05) is 82.6 Å². The summed E-state index contributed by atoms with van der Waals surface area (Å²) in [7, 11) is 0. The highest BCUT2D eigenvalue weighted by molar-refractivity contribution is 5.30. The molecule has 1 atom stereocenters. The van der Waals surface area contributed by atoms with Crippen molar-refractivity contribution in [3.05, 3.63) is 35.4 Å². The molecule has 0 saturated heterocycles. The van der Waals surface area contributed by atoms with E-state index in [1.54, 1.807) is 0 Å². The molecule has 0 aliphatic heterocycles. The number of aliphatic hydroxyl groups is 1. The average Bonchev–Trinajstić information content (AvgIpc) is 3.35. The summed E-state index contributed by atoms with van der Waals surface area (Å²) in [5.74, 6) is 0.778. The lowest BCUT2D eigenvalue weighted by atomic mass is 9.99. The van der Waals surface area contributed by atoms with Crippen LogP contribution in [0.1, 0.15) is 101 Å². The first kappa shape index (κ1) is 16.5. The van der Waals surface area contributed by atoms with Crippen LogP contribution in [0.15, 0.2) is 24.3 Å². The Balaban J connectivity index is 1.58. The van der Waals surface area contributed by atoms with Gasteiger partial charge in [-0.25, -0.2) is 0 Å². The van der Waals surface area contributed by atoms with Crippen LogP contribution in [0, 0.1) is 0 Å².